The van der Waals surface area contributed by atoms with Gasteiger partial charge in [-0.2, -0.15) is 9.78 Å². The van der Waals surface area contributed by atoms with E-state index in [1.807, 2.05) is 73.6 Å². The van der Waals surface area contributed by atoms with Crippen molar-refractivity contribution in [2.75, 3.05) is 19.0 Å². The predicted molar refractivity (Wildman–Crippen MR) is 155 cm³/mol. The number of anilines is 1. The van der Waals surface area contributed by atoms with Crippen LogP contribution in [-0.4, -0.2) is 30.0 Å². The molecular formula is C28H28Br2N4O2. The van der Waals surface area contributed by atoms with Crippen molar-refractivity contribution in [2.45, 2.75) is 32.8 Å². The standard InChI is InChI=1S/C28H28Br2N4O2/c1-4-5-6-27-32-25-14-12-22(30)15-24(25)28(35)34(27)31-17-20-9-13-23(33(2)3)16-26(20)36-18-19-7-10-21(29)11-8-19/h7-17H,4-6,18H2,1-3H3. The number of nitrogens with zero attached hydrogens (tertiary/aromatic N) is 4. The molecule has 1 heterocycles. The van der Waals surface area contributed by atoms with E-state index in [-0.39, 0.29) is 5.56 Å². The van der Waals surface area contributed by atoms with Crippen LogP contribution in [0.15, 0.2) is 79.5 Å². The maximum atomic E-state index is 13.4. The molecule has 0 radical (unpaired) electrons. The quantitative estimate of drug-likeness (QED) is 0.196. The fourth-order valence-corrected chi connectivity index (χ4v) is 4.33. The minimum Gasteiger partial charge on any atom is -0.488 e. The van der Waals surface area contributed by atoms with Gasteiger partial charge in [0.25, 0.3) is 5.56 Å². The zero-order valence-electron chi connectivity index (χ0n) is 20.5. The second-order valence-corrected chi connectivity index (χ2v) is 10.5. The van der Waals surface area contributed by atoms with Crippen LogP contribution in [-0.2, 0) is 13.0 Å². The first-order chi connectivity index (χ1) is 17.4. The van der Waals surface area contributed by atoms with Crippen LogP contribution < -0.4 is 15.2 Å². The van der Waals surface area contributed by atoms with Crippen LogP contribution in [0.2, 0.25) is 0 Å². The van der Waals surface area contributed by atoms with Gasteiger partial charge in [-0.3, -0.25) is 4.79 Å². The summed E-state index contributed by atoms with van der Waals surface area (Å²) in [5.74, 6) is 1.34. The third-order valence-electron chi connectivity index (χ3n) is 5.76. The number of aromatic nitrogens is 2. The third-order valence-corrected chi connectivity index (χ3v) is 6.78. The van der Waals surface area contributed by atoms with Gasteiger partial charge in [-0.15, -0.1) is 0 Å². The fourth-order valence-electron chi connectivity index (χ4n) is 3.71. The summed E-state index contributed by atoms with van der Waals surface area (Å²) in [7, 11) is 3.97. The summed E-state index contributed by atoms with van der Waals surface area (Å²) in [6.45, 7) is 2.53. The Hall–Kier alpha value is -2.97. The van der Waals surface area contributed by atoms with E-state index in [2.05, 4.69) is 43.9 Å². The van der Waals surface area contributed by atoms with E-state index in [0.717, 1.165) is 38.6 Å². The largest absolute Gasteiger partial charge is 0.488 e. The van der Waals surface area contributed by atoms with Gasteiger partial charge in [0.2, 0.25) is 0 Å². The van der Waals surface area contributed by atoms with Crippen LogP contribution in [0.25, 0.3) is 10.9 Å². The first kappa shape index (κ1) is 26.1. The summed E-state index contributed by atoms with van der Waals surface area (Å²) in [5.41, 5.74) is 3.33. The summed E-state index contributed by atoms with van der Waals surface area (Å²) in [6.07, 6.45) is 4.27. The summed E-state index contributed by atoms with van der Waals surface area (Å²) in [4.78, 5) is 20.2. The van der Waals surface area contributed by atoms with E-state index in [4.69, 9.17) is 9.72 Å². The van der Waals surface area contributed by atoms with Gasteiger partial charge in [0, 0.05) is 46.8 Å². The molecule has 0 amide bonds. The molecule has 0 saturated heterocycles. The van der Waals surface area contributed by atoms with Crippen molar-refractivity contribution in [3.63, 3.8) is 0 Å². The molecule has 0 aliphatic rings. The molecule has 0 N–H and O–H groups in total. The van der Waals surface area contributed by atoms with Crippen molar-refractivity contribution in [3.05, 3.63) is 96.9 Å². The zero-order chi connectivity index (χ0) is 25.7. The van der Waals surface area contributed by atoms with Crippen LogP contribution in [0.5, 0.6) is 5.75 Å². The van der Waals surface area contributed by atoms with Crippen molar-refractivity contribution < 1.29 is 4.74 Å². The summed E-state index contributed by atoms with van der Waals surface area (Å²) in [5, 5.41) is 5.14. The lowest BCUT2D eigenvalue weighted by molar-refractivity contribution is 0.306. The number of ether oxygens (including phenoxy) is 1. The topological polar surface area (TPSA) is 59.7 Å². The molecule has 186 valence electrons. The van der Waals surface area contributed by atoms with Gasteiger partial charge >= 0.3 is 0 Å². The molecule has 4 aromatic rings. The van der Waals surface area contributed by atoms with Gasteiger partial charge in [-0.25, -0.2) is 4.98 Å². The van der Waals surface area contributed by atoms with Crippen LogP contribution in [0, 0.1) is 0 Å². The Morgan fingerprint density at radius 3 is 2.50 bits per heavy atom. The average Bonchev–Trinajstić information content (AvgIpc) is 2.87. The Morgan fingerprint density at radius 2 is 1.78 bits per heavy atom. The van der Waals surface area contributed by atoms with Crippen LogP contribution in [0.3, 0.4) is 0 Å². The maximum absolute atomic E-state index is 13.4. The Labute approximate surface area is 227 Å². The SMILES string of the molecule is CCCCc1nc2ccc(Br)cc2c(=O)n1N=Cc1ccc(N(C)C)cc1OCc1ccc(Br)cc1. The first-order valence-electron chi connectivity index (χ1n) is 11.8. The molecule has 0 atom stereocenters. The lowest BCUT2D eigenvalue weighted by Crippen LogP contribution is -2.22. The van der Waals surface area contributed by atoms with Crippen LogP contribution >= 0.6 is 31.9 Å². The highest BCUT2D eigenvalue weighted by atomic mass is 79.9. The highest BCUT2D eigenvalue weighted by Crippen LogP contribution is 2.25. The molecule has 0 unspecified atom stereocenters. The highest BCUT2D eigenvalue weighted by Gasteiger charge is 2.12. The van der Waals surface area contributed by atoms with Gasteiger partial charge in [0.15, 0.2) is 0 Å². The van der Waals surface area contributed by atoms with E-state index < -0.39 is 0 Å². The number of hydrogen-bond acceptors (Lipinski definition) is 5. The summed E-state index contributed by atoms with van der Waals surface area (Å²) < 4.78 is 9.48. The first-order valence-corrected chi connectivity index (χ1v) is 13.4. The molecular weight excluding hydrogens is 584 g/mol. The predicted octanol–water partition coefficient (Wildman–Crippen LogP) is 6.79. The Kier molecular flexibility index (Phi) is 8.59. The molecule has 6 nitrogen and oxygen atoms in total. The monoisotopic (exact) mass is 610 g/mol. The van der Waals surface area contributed by atoms with Crippen molar-refractivity contribution >= 4 is 54.7 Å². The summed E-state index contributed by atoms with van der Waals surface area (Å²) in [6, 6.07) is 19.5. The minimum absolute atomic E-state index is 0.189. The molecule has 8 heteroatoms. The zero-order valence-corrected chi connectivity index (χ0v) is 23.7. The molecule has 0 aliphatic carbocycles. The van der Waals surface area contributed by atoms with Crippen LogP contribution in [0.4, 0.5) is 5.69 Å². The highest BCUT2D eigenvalue weighted by molar-refractivity contribution is 9.10. The molecule has 0 fully saturated rings. The number of halogens is 2. The molecule has 0 aliphatic heterocycles. The van der Waals surface area contributed by atoms with Crippen molar-refractivity contribution in [1.29, 1.82) is 0 Å². The molecule has 0 bridgehead atoms. The normalized spacial score (nSPS) is 11.4. The van der Waals surface area contributed by atoms with E-state index in [1.54, 1.807) is 12.3 Å². The number of rotatable bonds is 9. The maximum Gasteiger partial charge on any atom is 0.282 e. The van der Waals surface area contributed by atoms with E-state index >= 15 is 0 Å². The molecule has 4 rings (SSSR count). The molecule has 3 aromatic carbocycles. The van der Waals surface area contributed by atoms with Gasteiger partial charge in [-0.1, -0.05) is 57.3 Å². The number of unbranched alkanes of at least 4 members (excludes halogenated alkanes) is 1. The van der Waals surface area contributed by atoms with Crippen LogP contribution in [0.1, 0.15) is 36.7 Å². The van der Waals surface area contributed by atoms with Gasteiger partial charge in [0.1, 0.15) is 18.2 Å². The minimum atomic E-state index is -0.189. The van der Waals surface area contributed by atoms with Gasteiger partial charge in [0.05, 0.1) is 17.1 Å². The number of fused-ring (bicyclic) bond motifs is 1. The van der Waals surface area contributed by atoms with E-state index in [9.17, 15) is 4.79 Å². The fraction of sp³-hybridized carbons (Fsp3) is 0.250. The van der Waals surface area contributed by atoms with Crippen molar-refractivity contribution in [2.24, 2.45) is 5.10 Å². The smallest absolute Gasteiger partial charge is 0.282 e. The molecule has 1 aromatic heterocycles. The molecule has 36 heavy (non-hydrogen) atoms. The second kappa shape index (κ2) is 11.8. The molecule has 0 spiro atoms. The van der Waals surface area contributed by atoms with E-state index in [1.165, 1.54) is 4.68 Å². The lowest BCUT2D eigenvalue weighted by Gasteiger charge is -2.16. The Morgan fingerprint density at radius 1 is 1.03 bits per heavy atom. The third kappa shape index (κ3) is 6.23. The number of aryl methyl sites for hydroxylation is 1. The lowest BCUT2D eigenvalue weighted by atomic mass is 10.2. The van der Waals surface area contributed by atoms with E-state index in [0.29, 0.717) is 35.5 Å². The van der Waals surface area contributed by atoms with Gasteiger partial charge in [-0.05, 0) is 54.4 Å². The number of hydrogen-bond donors (Lipinski definition) is 0. The summed E-state index contributed by atoms with van der Waals surface area (Å²) >= 11 is 6.93. The number of benzene rings is 3. The Bertz CT molecular complexity index is 1450. The van der Waals surface area contributed by atoms with Crippen molar-refractivity contribution in [1.82, 2.24) is 9.66 Å². The molecule has 0 saturated carbocycles. The van der Waals surface area contributed by atoms with Crippen molar-refractivity contribution in [3.8, 4) is 5.75 Å². The Balaban J connectivity index is 1.73. The van der Waals surface area contributed by atoms with Gasteiger partial charge < -0.3 is 9.64 Å². The average molecular weight is 612 g/mol. The second-order valence-electron chi connectivity index (χ2n) is 8.69.